The molecule has 0 saturated heterocycles. The van der Waals surface area contributed by atoms with E-state index in [1.165, 1.54) is 5.56 Å². The topological polar surface area (TPSA) is 62.0 Å². The summed E-state index contributed by atoms with van der Waals surface area (Å²) in [6.07, 6.45) is 0.762. The number of pyridine rings is 1. The highest BCUT2D eigenvalue weighted by Gasteiger charge is 2.14. The standard InChI is InChI=1S/C15H18N2O2S/c1-9-6-13(15(19)17-11(9)3)14(18)16-10(2)7-12-4-5-20-8-12/h4-6,8,10H,7H2,1-3H3,(H,16,18)(H,17,19). The Balaban J connectivity index is 2.08. The smallest absolute Gasteiger partial charge is 0.261 e. The minimum Gasteiger partial charge on any atom is -0.349 e. The van der Waals surface area contributed by atoms with Crippen LogP contribution in [-0.4, -0.2) is 16.9 Å². The van der Waals surface area contributed by atoms with Crippen molar-refractivity contribution < 1.29 is 4.79 Å². The molecule has 0 bridgehead atoms. The molecule has 0 saturated carbocycles. The fraction of sp³-hybridized carbons (Fsp3) is 0.333. The monoisotopic (exact) mass is 290 g/mol. The number of aryl methyl sites for hydroxylation is 2. The quantitative estimate of drug-likeness (QED) is 0.908. The van der Waals surface area contributed by atoms with Crippen molar-refractivity contribution in [1.29, 1.82) is 0 Å². The van der Waals surface area contributed by atoms with Crippen LogP contribution in [0, 0.1) is 13.8 Å². The Labute approximate surface area is 121 Å². The van der Waals surface area contributed by atoms with Crippen molar-refractivity contribution >= 4 is 17.2 Å². The molecule has 0 aromatic carbocycles. The van der Waals surface area contributed by atoms with Crippen LogP contribution in [-0.2, 0) is 6.42 Å². The number of H-pyrrole nitrogens is 1. The molecule has 1 atom stereocenters. The minimum absolute atomic E-state index is 0.0156. The number of rotatable bonds is 4. The molecule has 0 radical (unpaired) electrons. The molecule has 2 rings (SSSR count). The Morgan fingerprint density at radius 2 is 2.20 bits per heavy atom. The van der Waals surface area contributed by atoms with E-state index in [0.29, 0.717) is 0 Å². The maximum absolute atomic E-state index is 12.1. The number of hydrogen-bond donors (Lipinski definition) is 2. The van der Waals surface area contributed by atoms with E-state index in [1.807, 2.05) is 32.2 Å². The van der Waals surface area contributed by atoms with Crippen LogP contribution in [0.1, 0.15) is 34.1 Å². The molecule has 0 aliphatic carbocycles. The van der Waals surface area contributed by atoms with Crippen LogP contribution in [0.25, 0.3) is 0 Å². The predicted molar refractivity (Wildman–Crippen MR) is 81.5 cm³/mol. The third-order valence-electron chi connectivity index (χ3n) is 3.24. The summed E-state index contributed by atoms with van der Waals surface area (Å²) in [6.45, 7) is 5.62. The SMILES string of the molecule is Cc1cc(C(=O)NC(C)Cc2ccsc2)c(=O)[nH]c1C. The lowest BCUT2D eigenvalue weighted by molar-refractivity contribution is 0.0938. The first-order valence-corrected chi connectivity index (χ1v) is 7.44. The number of thiophene rings is 1. The third kappa shape index (κ3) is 3.36. The van der Waals surface area contributed by atoms with Gasteiger partial charge in [-0.15, -0.1) is 0 Å². The first-order valence-electron chi connectivity index (χ1n) is 6.50. The van der Waals surface area contributed by atoms with Crippen molar-refractivity contribution in [2.45, 2.75) is 33.2 Å². The second-order valence-corrected chi connectivity index (χ2v) is 5.81. The van der Waals surface area contributed by atoms with Crippen LogP contribution in [0.3, 0.4) is 0 Å². The van der Waals surface area contributed by atoms with Crippen molar-refractivity contribution in [3.05, 3.63) is 55.6 Å². The maximum Gasteiger partial charge on any atom is 0.261 e. The second kappa shape index (κ2) is 6.05. The van der Waals surface area contributed by atoms with Gasteiger partial charge in [0, 0.05) is 11.7 Å². The maximum atomic E-state index is 12.1. The van der Waals surface area contributed by atoms with Crippen molar-refractivity contribution in [3.8, 4) is 0 Å². The van der Waals surface area contributed by atoms with E-state index in [2.05, 4.69) is 15.7 Å². The van der Waals surface area contributed by atoms with Crippen molar-refractivity contribution in [2.24, 2.45) is 0 Å². The number of carbonyl (C=O) groups excluding carboxylic acids is 1. The summed E-state index contributed by atoms with van der Waals surface area (Å²) in [5, 5.41) is 6.94. The van der Waals surface area contributed by atoms with Gasteiger partial charge in [-0.2, -0.15) is 11.3 Å². The summed E-state index contributed by atoms with van der Waals surface area (Å²) < 4.78 is 0. The van der Waals surface area contributed by atoms with Gasteiger partial charge in [-0.1, -0.05) is 0 Å². The Kier molecular flexibility index (Phi) is 4.39. The van der Waals surface area contributed by atoms with Crippen molar-refractivity contribution in [3.63, 3.8) is 0 Å². The summed E-state index contributed by atoms with van der Waals surface area (Å²) in [5.41, 5.74) is 2.72. The van der Waals surface area contributed by atoms with Gasteiger partial charge >= 0.3 is 0 Å². The van der Waals surface area contributed by atoms with Gasteiger partial charge in [0.2, 0.25) is 0 Å². The van der Waals surface area contributed by atoms with Gasteiger partial charge in [0.25, 0.3) is 11.5 Å². The second-order valence-electron chi connectivity index (χ2n) is 5.03. The summed E-state index contributed by atoms with van der Waals surface area (Å²) >= 11 is 1.64. The highest BCUT2D eigenvalue weighted by atomic mass is 32.1. The molecule has 2 heterocycles. The Morgan fingerprint density at radius 3 is 2.85 bits per heavy atom. The van der Waals surface area contributed by atoms with Gasteiger partial charge in [-0.25, -0.2) is 0 Å². The molecule has 5 heteroatoms. The summed E-state index contributed by atoms with van der Waals surface area (Å²) in [5.74, 6) is -0.322. The zero-order valence-electron chi connectivity index (χ0n) is 11.8. The first-order chi connectivity index (χ1) is 9.47. The van der Waals surface area contributed by atoms with Crippen molar-refractivity contribution in [1.82, 2.24) is 10.3 Å². The highest BCUT2D eigenvalue weighted by molar-refractivity contribution is 7.07. The molecule has 20 heavy (non-hydrogen) atoms. The molecule has 2 N–H and O–H groups in total. The first kappa shape index (κ1) is 14.5. The van der Waals surface area contributed by atoms with E-state index in [4.69, 9.17) is 0 Å². The fourth-order valence-corrected chi connectivity index (χ4v) is 2.69. The van der Waals surface area contributed by atoms with E-state index in [1.54, 1.807) is 17.4 Å². The van der Waals surface area contributed by atoms with Crippen LogP contribution >= 0.6 is 11.3 Å². The molecule has 1 unspecified atom stereocenters. The van der Waals surface area contributed by atoms with Gasteiger partial charge < -0.3 is 10.3 Å². The zero-order chi connectivity index (χ0) is 14.7. The third-order valence-corrected chi connectivity index (χ3v) is 3.97. The molecule has 0 spiro atoms. The normalized spacial score (nSPS) is 12.2. The van der Waals surface area contributed by atoms with Crippen LogP contribution in [0.5, 0.6) is 0 Å². The Morgan fingerprint density at radius 1 is 1.45 bits per heavy atom. The predicted octanol–water partition coefficient (Wildman–Crippen LogP) is 2.41. The van der Waals surface area contributed by atoms with Gasteiger partial charge in [0.05, 0.1) is 0 Å². The molecule has 4 nitrogen and oxygen atoms in total. The van der Waals surface area contributed by atoms with Crippen LogP contribution in [0.15, 0.2) is 27.7 Å². The van der Waals surface area contributed by atoms with E-state index < -0.39 is 0 Å². The molecular weight excluding hydrogens is 272 g/mol. The molecule has 0 fully saturated rings. The van der Waals surface area contributed by atoms with Crippen LogP contribution < -0.4 is 10.9 Å². The summed E-state index contributed by atoms with van der Waals surface area (Å²) in [7, 11) is 0. The molecule has 0 aliphatic heterocycles. The minimum atomic E-state index is -0.340. The number of aromatic amines is 1. The number of aromatic nitrogens is 1. The number of hydrogen-bond acceptors (Lipinski definition) is 3. The molecule has 1 amide bonds. The lowest BCUT2D eigenvalue weighted by Crippen LogP contribution is -2.37. The van der Waals surface area contributed by atoms with Gasteiger partial charge in [0.1, 0.15) is 5.56 Å². The largest absolute Gasteiger partial charge is 0.349 e. The van der Waals surface area contributed by atoms with E-state index in [0.717, 1.165) is 17.7 Å². The van der Waals surface area contributed by atoms with E-state index >= 15 is 0 Å². The molecule has 106 valence electrons. The van der Waals surface area contributed by atoms with Gasteiger partial charge in [0.15, 0.2) is 0 Å². The molecule has 0 aliphatic rings. The highest BCUT2D eigenvalue weighted by Crippen LogP contribution is 2.09. The Hall–Kier alpha value is -1.88. The summed E-state index contributed by atoms with van der Waals surface area (Å²) in [6, 6.07) is 3.66. The summed E-state index contributed by atoms with van der Waals surface area (Å²) in [4.78, 5) is 26.6. The molecule has 2 aromatic rings. The lowest BCUT2D eigenvalue weighted by Gasteiger charge is -2.13. The number of carbonyl (C=O) groups is 1. The number of nitrogens with one attached hydrogen (secondary N) is 2. The fourth-order valence-electron chi connectivity index (χ4n) is 2.01. The van der Waals surface area contributed by atoms with E-state index in [-0.39, 0.29) is 23.1 Å². The molecule has 2 aromatic heterocycles. The zero-order valence-corrected chi connectivity index (χ0v) is 12.6. The van der Waals surface area contributed by atoms with Gasteiger partial charge in [-0.05, 0) is 61.2 Å². The van der Waals surface area contributed by atoms with Crippen LogP contribution in [0.4, 0.5) is 0 Å². The van der Waals surface area contributed by atoms with Crippen molar-refractivity contribution in [2.75, 3.05) is 0 Å². The lowest BCUT2D eigenvalue weighted by atomic mass is 10.1. The Bertz CT molecular complexity index is 659. The van der Waals surface area contributed by atoms with Crippen LogP contribution in [0.2, 0.25) is 0 Å². The number of amides is 1. The average molecular weight is 290 g/mol. The molecular formula is C15H18N2O2S. The van der Waals surface area contributed by atoms with Gasteiger partial charge in [-0.3, -0.25) is 9.59 Å². The van der Waals surface area contributed by atoms with E-state index in [9.17, 15) is 9.59 Å². The average Bonchev–Trinajstić information content (AvgIpc) is 2.86.